The minimum atomic E-state index is 0.592. The van der Waals surface area contributed by atoms with E-state index in [2.05, 4.69) is 16.9 Å². The SMILES string of the molecule is Cc1nc(N(C)CC2CCOCC2)sc1CN. The van der Waals surface area contributed by atoms with Gasteiger partial charge in [-0.3, -0.25) is 0 Å². The molecule has 0 spiro atoms. The van der Waals surface area contributed by atoms with E-state index in [1.54, 1.807) is 11.3 Å². The molecule has 2 heterocycles. The highest BCUT2D eigenvalue weighted by atomic mass is 32.1. The van der Waals surface area contributed by atoms with Gasteiger partial charge in [0.25, 0.3) is 0 Å². The number of aromatic nitrogens is 1. The van der Waals surface area contributed by atoms with Crippen LogP contribution in [0.2, 0.25) is 0 Å². The minimum absolute atomic E-state index is 0.592. The zero-order chi connectivity index (χ0) is 12.3. The van der Waals surface area contributed by atoms with Gasteiger partial charge in [0.15, 0.2) is 5.13 Å². The molecular weight excluding hydrogens is 234 g/mol. The van der Waals surface area contributed by atoms with Crippen LogP contribution in [0.25, 0.3) is 0 Å². The summed E-state index contributed by atoms with van der Waals surface area (Å²) in [6.07, 6.45) is 2.33. The van der Waals surface area contributed by atoms with Crippen molar-refractivity contribution in [3.05, 3.63) is 10.6 Å². The Bertz CT molecular complexity index is 361. The molecule has 0 aliphatic carbocycles. The molecule has 0 aromatic carbocycles. The lowest BCUT2D eigenvalue weighted by Crippen LogP contribution is -2.29. The van der Waals surface area contributed by atoms with E-state index in [9.17, 15) is 0 Å². The van der Waals surface area contributed by atoms with Gasteiger partial charge >= 0.3 is 0 Å². The maximum Gasteiger partial charge on any atom is 0.185 e. The molecular formula is C12H21N3OS. The van der Waals surface area contributed by atoms with Gasteiger partial charge in [-0.2, -0.15) is 0 Å². The molecule has 0 amide bonds. The van der Waals surface area contributed by atoms with E-state index in [0.29, 0.717) is 6.54 Å². The maximum atomic E-state index is 5.68. The van der Waals surface area contributed by atoms with Gasteiger partial charge in [-0.15, -0.1) is 11.3 Å². The average molecular weight is 255 g/mol. The molecule has 1 aromatic heterocycles. The fourth-order valence-corrected chi connectivity index (χ4v) is 3.07. The second-order valence-electron chi connectivity index (χ2n) is 4.65. The Morgan fingerprint density at radius 1 is 1.47 bits per heavy atom. The second kappa shape index (κ2) is 5.80. The van der Waals surface area contributed by atoms with Gasteiger partial charge in [0.2, 0.25) is 0 Å². The monoisotopic (exact) mass is 255 g/mol. The van der Waals surface area contributed by atoms with Crippen LogP contribution >= 0.6 is 11.3 Å². The lowest BCUT2D eigenvalue weighted by molar-refractivity contribution is 0.0685. The molecule has 1 aromatic rings. The Morgan fingerprint density at radius 3 is 2.76 bits per heavy atom. The number of thiazole rings is 1. The highest BCUT2D eigenvalue weighted by Crippen LogP contribution is 2.26. The van der Waals surface area contributed by atoms with Gasteiger partial charge in [0.1, 0.15) is 0 Å². The first-order valence-electron chi connectivity index (χ1n) is 6.16. The van der Waals surface area contributed by atoms with Gasteiger partial charge in [-0.05, 0) is 25.7 Å². The van der Waals surface area contributed by atoms with E-state index in [0.717, 1.165) is 36.5 Å². The van der Waals surface area contributed by atoms with Crippen molar-refractivity contribution in [1.82, 2.24) is 4.98 Å². The van der Waals surface area contributed by atoms with Crippen LogP contribution in [0, 0.1) is 12.8 Å². The number of hydrogen-bond acceptors (Lipinski definition) is 5. The summed E-state index contributed by atoms with van der Waals surface area (Å²) < 4.78 is 5.38. The van der Waals surface area contributed by atoms with E-state index >= 15 is 0 Å². The van der Waals surface area contributed by atoms with Crippen molar-refractivity contribution >= 4 is 16.5 Å². The zero-order valence-corrected chi connectivity index (χ0v) is 11.4. The summed E-state index contributed by atoms with van der Waals surface area (Å²) in [5, 5.41) is 1.09. The molecule has 0 radical (unpaired) electrons. The number of nitrogens with two attached hydrogens (primary N) is 1. The molecule has 2 rings (SSSR count). The normalized spacial score (nSPS) is 17.4. The third-order valence-corrected chi connectivity index (χ3v) is 4.56. The first-order chi connectivity index (χ1) is 8.20. The summed E-state index contributed by atoms with van der Waals surface area (Å²) in [5.41, 5.74) is 6.76. The summed E-state index contributed by atoms with van der Waals surface area (Å²) in [7, 11) is 2.12. The molecule has 96 valence electrons. The summed E-state index contributed by atoms with van der Waals surface area (Å²) in [6.45, 7) is 5.51. The quantitative estimate of drug-likeness (QED) is 0.891. The topological polar surface area (TPSA) is 51.4 Å². The zero-order valence-electron chi connectivity index (χ0n) is 10.6. The fourth-order valence-electron chi connectivity index (χ4n) is 2.16. The lowest BCUT2D eigenvalue weighted by atomic mass is 10.0. The Balaban J connectivity index is 1.95. The molecule has 4 nitrogen and oxygen atoms in total. The van der Waals surface area contributed by atoms with Crippen molar-refractivity contribution in [1.29, 1.82) is 0 Å². The summed E-state index contributed by atoms with van der Waals surface area (Å²) in [4.78, 5) is 8.03. The molecule has 17 heavy (non-hydrogen) atoms. The van der Waals surface area contributed by atoms with Crippen LogP contribution in [0.5, 0.6) is 0 Å². The maximum absolute atomic E-state index is 5.68. The van der Waals surface area contributed by atoms with Crippen molar-refractivity contribution in [2.75, 3.05) is 31.7 Å². The summed E-state index contributed by atoms with van der Waals surface area (Å²) >= 11 is 1.71. The van der Waals surface area contributed by atoms with Gasteiger partial charge < -0.3 is 15.4 Å². The standard InChI is InChI=1S/C12H21N3OS/c1-9-11(7-13)17-12(14-9)15(2)8-10-3-5-16-6-4-10/h10H,3-8,13H2,1-2H3. The molecule has 5 heteroatoms. The van der Waals surface area contributed by atoms with Crippen molar-refractivity contribution in [2.45, 2.75) is 26.3 Å². The predicted octanol–water partition coefficient (Wildman–Crippen LogP) is 1.77. The number of hydrogen-bond donors (Lipinski definition) is 1. The smallest absolute Gasteiger partial charge is 0.185 e. The number of anilines is 1. The third-order valence-electron chi connectivity index (χ3n) is 3.27. The number of nitrogens with zero attached hydrogens (tertiary/aromatic N) is 2. The van der Waals surface area contributed by atoms with Crippen molar-refractivity contribution in [3.63, 3.8) is 0 Å². The number of rotatable bonds is 4. The van der Waals surface area contributed by atoms with Crippen molar-refractivity contribution < 1.29 is 4.74 Å². The fraction of sp³-hybridized carbons (Fsp3) is 0.750. The van der Waals surface area contributed by atoms with Crippen LogP contribution in [0.4, 0.5) is 5.13 Å². The lowest BCUT2D eigenvalue weighted by Gasteiger charge is -2.26. The number of ether oxygens (including phenoxy) is 1. The van der Waals surface area contributed by atoms with Crippen molar-refractivity contribution in [3.8, 4) is 0 Å². The summed E-state index contributed by atoms with van der Waals surface area (Å²) in [6, 6.07) is 0. The van der Waals surface area contributed by atoms with Crippen LogP contribution in [0.15, 0.2) is 0 Å². The molecule has 0 bridgehead atoms. The second-order valence-corrected chi connectivity index (χ2v) is 5.71. The summed E-state index contributed by atoms with van der Waals surface area (Å²) in [5.74, 6) is 0.735. The van der Waals surface area contributed by atoms with Crippen LogP contribution in [0.1, 0.15) is 23.4 Å². The van der Waals surface area contributed by atoms with E-state index in [1.807, 2.05) is 6.92 Å². The van der Waals surface area contributed by atoms with E-state index in [-0.39, 0.29) is 0 Å². The Labute approximate surface area is 107 Å². The highest BCUT2D eigenvalue weighted by molar-refractivity contribution is 7.15. The first kappa shape index (κ1) is 12.8. The number of aryl methyl sites for hydroxylation is 1. The molecule has 1 aliphatic rings. The van der Waals surface area contributed by atoms with Crippen LogP contribution in [0.3, 0.4) is 0 Å². The van der Waals surface area contributed by atoms with Gasteiger partial charge in [0.05, 0.1) is 5.69 Å². The average Bonchev–Trinajstić information content (AvgIpc) is 2.72. The molecule has 1 saturated heterocycles. The van der Waals surface area contributed by atoms with E-state index in [4.69, 9.17) is 10.5 Å². The Hall–Kier alpha value is -0.650. The third kappa shape index (κ3) is 3.18. The molecule has 1 aliphatic heterocycles. The predicted molar refractivity (Wildman–Crippen MR) is 71.6 cm³/mol. The van der Waals surface area contributed by atoms with Gasteiger partial charge in [-0.25, -0.2) is 4.98 Å². The molecule has 0 unspecified atom stereocenters. The van der Waals surface area contributed by atoms with E-state index < -0.39 is 0 Å². The van der Waals surface area contributed by atoms with Gasteiger partial charge in [0, 0.05) is 38.2 Å². The minimum Gasteiger partial charge on any atom is -0.381 e. The highest BCUT2D eigenvalue weighted by Gasteiger charge is 2.18. The molecule has 2 N–H and O–H groups in total. The van der Waals surface area contributed by atoms with Crippen LogP contribution in [-0.4, -0.2) is 31.8 Å². The van der Waals surface area contributed by atoms with Crippen molar-refractivity contribution in [2.24, 2.45) is 11.7 Å². The van der Waals surface area contributed by atoms with E-state index in [1.165, 1.54) is 17.7 Å². The Kier molecular flexibility index (Phi) is 4.36. The van der Waals surface area contributed by atoms with Gasteiger partial charge in [-0.1, -0.05) is 0 Å². The van der Waals surface area contributed by atoms with Crippen LogP contribution < -0.4 is 10.6 Å². The first-order valence-corrected chi connectivity index (χ1v) is 6.97. The Morgan fingerprint density at radius 2 is 2.18 bits per heavy atom. The largest absolute Gasteiger partial charge is 0.381 e. The molecule has 0 saturated carbocycles. The molecule has 1 fully saturated rings. The van der Waals surface area contributed by atoms with Crippen LogP contribution in [-0.2, 0) is 11.3 Å². The molecule has 0 atom stereocenters.